The lowest BCUT2D eigenvalue weighted by Gasteiger charge is -2.08. The van der Waals surface area contributed by atoms with Gasteiger partial charge in [-0.1, -0.05) is 0 Å². The van der Waals surface area contributed by atoms with Crippen molar-refractivity contribution in [3.8, 4) is 0 Å². The molecule has 0 aliphatic rings. The number of anilines is 1. The highest BCUT2D eigenvalue weighted by atomic mass is 127. The van der Waals surface area contributed by atoms with Crippen LogP contribution in [0, 0.1) is 3.57 Å². The molecule has 0 spiro atoms. The highest BCUT2D eigenvalue weighted by molar-refractivity contribution is 14.1. The molecule has 9 heteroatoms. The van der Waals surface area contributed by atoms with E-state index in [0.29, 0.717) is 5.69 Å². The van der Waals surface area contributed by atoms with Gasteiger partial charge in [-0.3, -0.25) is 9.35 Å². The van der Waals surface area contributed by atoms with Crippen molar-refractivity contribution < 1.29 is 27.3 Å². The number of nitrogens with one attached hydrogen (secondary N) is 1. The van der Waals surface area contributed by atoms with Crippen LogP contribution in [0.4, 0.5) is 5.69 Å². The molecule has 0 aliphatic heterocycles. The molecule has 20 heavy (non-hydrogen) atoms. The summed E-state index contributed by atoms with van der Waals surface area (Å²) in [6.45, 7) is 0.895. The lowest BCUT2D eigenvalue weighted by Crippen LogP contribution is -2.15. The fraction of sp³-hybridized carbons (Fsp3) is 0.273. The molecule has 2 N–H and O–H groups in total. The Morgan fingerprint density at radius 2 is 2.05 bits per heavy atom. The van der Waals surface area contributed by atoms with Crippen LogP contribution in [-0.2, 0) is 19.6 Å². The molecule has 0 saturated heterocycles. The molecule has 1 aromatic rings. The average molecular weight is 413 g/mol. The Balaban J connectivity index is 2.76. The Kier molecular flexibility index (Phi) is 5.89. The van der Waals surface area contributed by atoms with Crippen LogP contribution < -0.4 is 5.32 Å². The van der Waals surface area contributed by atoms with Gasteiger partial charge in [-0.15, -0.1) is 0 Å². The lowest BCUT2D eigenvalue weighted by molar-refractivity contribution is -0.114. The Morgan fingerprint density at radius 3 is 2.60 bits per heavy atom. The van der Waals surface area contributed by atoms with Crippen LogP contribution in [0.5, 0.6) is 0 Å². The third-order valence-corrected chi connectivity index (χ3v) is 3.71. The first-order valence-electron chi connectivity index (χ1n) is 5.38. The first-order valence-corrected chi connectivity index (χ1v) is 8.07. The summed E-state index contributed by atoms with van der Waals surface area (Å²) in [5.74, 6) is -1.68. The maximum Gasteiger partial charge on any atom is 0.338 e. The standard InChI is InChI=1S/C11H12INO6S/c1-7(14)13-10-6-8(2-3-9(10)12)11(15)19-4-5-20(16,17)18/h2-3,6H,4-5H2,1H3,(H,13,14)(H,16,17,18). The van der Waals surface area contributed by atoms with E-state index in [1.54, 1.807) is 6.07 Å². The quantitative estimate of drug-likeness (QED) is 0.428. The molecule has 0 bridgehead atoms. The van der Waals surface area contributed by atoms with Crippen LogP contribution in [0.1, 0.15) is 17.3 Å². The van der Waals surface area contributed by atoms with Gasteiger partial charge in [0, 0.05) is 10.5 Å². The lowest BCUT2D eigenvalue weighted by atomic mass is 10.2. The molecule has 1 amide bonds. The van der Waals surface area contributed by atoms with Gasteiger partial charge in [-0.2, -0.15) is 8.42 Å². The van der Waals surface area contributed by atoms with E-state index in [-0.39, 0.29) is 11.5 Å². The van der Waals surface area contributed by atoms with Crippen LogP contribution in [-0.4, -0.2) is 37.2 Å². The minimum Gasteiger partial charge on any atom is -0.461 e. The SMILES string of the molecule is CC(=O)Nc1cc(C(=O)OCCS(=O)(=O)O)ccc1I. The number of hydrogen-bond donors (Lipinski definition) is 2. The number of amides is 1. The first-order chi connectivity index (χ1) is 9.19. The highest BCUT2D eigenvalue weighted by Crippen LogP contribution is 2.20. The van der Waals surface area contributed by atoms with E-state index >= 15 is 0 Å². The molecule has 0 heterocycles. The molecule has 0 radical (unpaired) electrons. The van der Waals surface area contributed by atoms with Gasteiger partial charge in [0.05, 0.1) is 11.3 Å². The third-order valence-electron chi connectivity index (χ3n) is 2.09. The maximum absolute atomic E-state index is 11.7. The van der Waals surface area contributed by atoms with E-state index < -0.39 is 28.4 Å². The molecule has 1 rings (SSSR count). The van der Waals surface area contributed by atoms with E-state index in [4.69, 9.17) is 9.29 Å². The van der Waals surface area contributed by atoms with Gasteiger partial charge in [-0.05, 0) is 40.8 Å². The van der Waals surface area contributed by atoms with Gasteiger partial charge < -0.3 is 10.1 Å². The predicted molar refractivity (Wildman–Crippen MR) is 80.2 cm³/mol. The number of carbonyl (C=O) groups excluding carboxylic acids is 2. The second-order valence-electron chi connectivity index (χ2n) is 3.80. The summed E-state index contributed by atoms with van der Waals surface area (Å²) in [4.78, 5) is 22.7. The van der Waals surface area contributed by atoms with E-state index in [2.05, 4.69) is 5.32 Å². The summed E-state index contributed by atoms with van der Waals surface area (Å²) in [7, 11) is -4.17. The van der Waals surface area contributed by atoms with Crippen molar-refractivity contribution in [2.45, 2.75) is 6.92 Å². The second-order valence-corrected chi connectivity index (χ2v) is 6.53. The summed E-state index contributed by atoms with van der Waals surface area (Å²) in [6.07, 6.45) is 0. The summed E-state index contributed by atoms with van der Waals surface area (Å²) in [6, 6.07) is 4.53. The van der Waals surface area contributed by atoms with E-state index in [0.717, 1.165) is 3.57 Å². The third kappa shape index (κ3) is 5.84. The normalized spacial score (nSPS) is 10.9. The summed E-state index contributed by atoms with van der Waals surface area (Å²) in [5.41, 5.74) is 0.631. The minimum atomic E-state index is -4.17. The van der Waals surface area contributed by atoms with Crippen molar-refractivity contribution >= 4 is 50.3 Å². The highest BCUT2D eigenvalue weighted by Gasteiger charge is 2.12. The van der Waals surface area contributed by atoms with Gasteiger partial charge >= 0.3 is 5.97 Å². The van der Waals surface area contributed by atoms with Crippen LogP contribution in [0.3, 0.4) is 0 Å². The second kappa shape index (κ2) is 6.99. The van der Waals surface area contributed by atoms with E-state index in [9.17, 15) is 18.0 Å². The zero-order valence-electron chi connectivity index (χ0n) is 10.4. The number of halogens is 1. The maximum atomic E-state index is 11.7. The van der Waals surface area contributed by atoms with Crippen molar-refractivity contribution in [2.24, 2.45) is 0 Å². The van der Waals surface area contributed by atoms with Crippen molar-refractivity contribution in [1.29, 1.82) is 0 Å². The zero-order valence-corrected chi connectivity index (χ0v) is 13.4. The smallest absolute Gasteiger partial charge is 0.338 e. The molecular formula is C11H12INO6S. The number of benzene rings is 1. The fourth-order valence-corrected chi connectivity index (χ4v) is 2.02. The van der Waals surface area contributed by atoms with Gasteiger partial charge in [0.25, 0.3) is 10.1 Å². The molecule has 0 aromatic heterocycles. The number of ether oxygens (including phenoxy) is 1. The van der Waals surface area contributed by atoms with Crippen molar-refractivity contribution in [3.63, 3.8) is 0 Å². The van der Waals surface area contributed by atoms with Crippen LogP contribution >= 0.6 is 22.6 Å². The topological polar surface area (TPSA) is 110 Å². The minimum absolute atomic E-state index is 0.171. The van der Waals surface area contributed by atoms with E-state index in [1.807, 2.05) is 22.6 Å². The van der Waals surface area contributed by atoms with Crippen molar-refractivity contribution in [2.75, 3.05) is 17.7 Å². The number of esters is 1. The number of hydrogen-bond acceptors (Lipinski definition) is 5. The molecular weight excluding hydrogens is 401 g/mol. The number of rotatable bonds is 5. The Hall–Kier alpha value is -1.20. The summed E-state index contributed by atoms with van der Waals surface area (Å²) >= 11 is 1.99. The van der Waals surface area contributed by atoms with Gasteiger partial charge in [0.15, 0.2) is 0 Å². The number of carbonyl (C=O) groups is 2. The molecule has 110 valence electrons. The van der Waals surface area contributed by atoms with Crippen LogP contribution in [0.15, 0.2) is 18.2 Å². The van der Waals surface area contributed by atoms with Crippen molar-refractivity contribution in [1.82, 2.24) is 0 Å². The zero-order chi connectivity index (χ0) is 15.3. The van der Waals surface area contributed by atoms with Gasteiger partial charge in [-0.25, -0.2) is 4.79 Å². The monoisotopic (exact) mass is 413 g/mol. The fourth-order valence-electron chi connectivity index (χ4n) is 1.26. The largest absolute Gasteiger partial charge is 0.461 e. The van der Waals surface area contributed by atoms with Gasteiger partial charge in [0.1, 0.15) is 12.4 Å². The van der Waals surface area contributed by atoms with Crippen molar-refractivity contribution in [3.05, 3.63) is 27.3 Å². The Morgan fingerprint density at radius 1 is 1.40 bits per heavy atom. The Labute approximate surface area is 129 Å². The van der Waals surface area contributed by atoms with Crippen LogP contribution in [0.2, 0.25) is 0 Å². The Bertz CT molecular complexity index is 628. The molecule has 7 nitrogen and oxygen atoms in total. The van der Waals surface area contributed by atoms with Gasteiger partial charge in [0.2, 0.25) is 5.91 Å². The predicted octanol–water partition coefficient (Wildman–Crippen LogP) is 1.29. The molecule has 0 atom stereocenters. The van der Waals surface area contributed by atoms with E-state index in [1.165, 1.54) is 19.1 Å². The summed E-state index contributed by atoms with van der Waals surface area (Å²) in [5, 5.41) is 2.56. The molecule has 0 saturated carbocycles. The average Bonchev–Trinajstić information content (AvgIpc) is 2.29. The van der Waals surface area contributed by atoms with Crippen LogP contribution in [0.25, 0.3) is 0 Å². The summed E-state index contributed by atoms with van der Waals surface area (Å²) < 4.78 is 34.9. The molecule has 0 fully saturated rings. The molecule has 0 aliphatic carbocycles. The molecule has 1 aromatic carbocycles. The molecule has 0 unspecified atom stereocenters. The first kappa shape index (κ1) is 16.9.